The quantitative estimate of drug-likeness (QED) is 0.0999. The Morgan fingerprint density at radius 2 is 1.04 bits per heavy atom. The smallest absolute Gasteiger partial charge is 0.0783 e. The third kappa shape index (κ3) is 5.70. The molecule has 0 aliphatic heterocycles. The van der Waals surface area contributed by atoms with Crippen LogP contribution in [0.1, 0.15) is 22.3 Å². The molecule has 0 aromatic heterocycles. The molecule has 224 valence electrons. The van der Waals surface area contributed by atoms with Gasteiger partial charge in [-0.25, -0.2) is 0 Å². The summed E-state index contributed by atoms with van der Waals surface area (Å²) >= 11 is 0. The van der Waals surface area contributed by atoms with Crippen molar-refractivity contribution in [1.29, 1.82) is 0 Å². The number of nitrogens with zero attached hydrogens (tertiary/aromatic N) is 1. The van der Waals surface area contributed by atoms with Crippen LogP contribution in [0.25, 0.3) is 45.2 Å². The summed E-state index contributed by atoms with van der Waals surface area (Å²) < 4.78 is 0. The fourth-order valence-electron chi connectivity index (χ4n) is 7.04. The van der Waals surface area contributed by atoms with E-state index in [2.05, 4.69) is 181 Å². The third-order valence-corrected chi connectivity index (χ3v) is 9.25. The maximum atomic E-state index is 3.32. The molecule has 1 unspecified atom stereocenters. The van der Waals surface area contributed by atoms with Crippen molar-refractivity contribution in [3.63, 3.8) is 0 Å². The molecular formula is C46H35N. The first-order valence-corrected chi connectivity index (χ1v) is 16.4. The lowest BCUT2D eigenvalue weighted by molar-refractivity contribution is 0.940. The Kier molecular flexibility index (Phi) is 7.82. The first kappa shape index (κ1) is 28.6. The molecule has 0 radical (unpaired) electrons. The number of fused-ring (bicyclic) bond motifs is 2. The number of benzene rings is 6. The molecule has 8 rings (SSSR count). The summed E-state index contributed by atoms with van der Waals surface area (Å²) in [5, 5.41) is 2.63. The minimum Gasteiger partial charge on any atom is -0.330 e. The Morgan fingerprint density at radius 3 is 1.62 bits per heavy atom. The largest absolute Gasteiger partial charge is 0.330 e. The zero-order valence-electron chi connectivity index (χ0n) is 26.3. The summed E-state index contributed by atoms with van der Waals surface area (Å²) in [5.74, 6) is 0. The molecule has 2 aliphatic carbocycles. The Balaban J connectivity index is 1.19. The zero-order valence-corrected chi connectivity index (χ0v) is 26.3. The van der Waals surface area contributed by atoms with Crippen molar-refractivity contribution >= 4 is 34.3 Å². The fourth-order valence-corrected chi connectivity index (χ4v) is 7.04. The second kappa shape index (κ2) is 12.9. The predicted molar refractivity (Wildman–Crippen MR) is 201 cm³/mol. The highest BCUT2D eigenvalue weighted by Crippen LogP contribution is 2.44. The maximum Gasteiger partial charge on any atom is 0.0783 e. The molecule has 47 heavy (non-hydrogen) atoms. The van der Waals surface area contributed by atoms with E-state index in [4.69, 9.17) is 0 Å². The molecular weight excluding hydrogens is 567 g/mol. The van der Waals surface area contributed by atoms with Crippen LogP contribution in [0.15, 0.2) is 176 Å². The van der Waals surface area contributed by atoms with E-state index in [0.717, 1.165) is 24.2 Å². The van der Waals surface area contributed by atoms with Crippen molar-refractivity contribution in [2.24, 2.45) is 0 Å². The van der Waals surface area contributed by atoms with Crippen LogP contribution >= 0.6 is 0 Å². The molecule has 0 bridgehead atoms. The summed E-state index contributed by atoms with van der Waals surface area (Å²) in [5.41, 5.74) is 16.1. The summed E-state index contributed by atoms with van der Waals surface area (Å²) in [6.45, 7) is 0. The van der Waals surface area contributed by atoms with Gasteiger partial charge in [0.25, 0.3) is 0 Å². The van der Waals surface area contributed by atoms with E-state index in [0.29, 0.717) is 0 Å². The zero-order chi connectivity index (χ0) is 31.4. The van der Waals surface area contributed by atoms with E-state index >= 15 is 0 Å². The Hall–Kier alpha value is -5.88. The fraction of sp³-hybridized carbons (Fsp3) is 0.0652. The number of hydrogen-bond donors (Lipinski definition) is 0. The average molecular weight is 602 g/mol. The van der Waals surface area contributed by atoms with Gasteiger partial charge < -0.3 is 4.90 Å². The lowest BCUT2D eigenvalue weighted by Crippen LogP contribution is -2.28. The molecule has 2 aliphatic rings. The van der Waals surface area contributed by atoms with E-state index in [1.807, 2.05) is 12.1 Å². The highest BCUT2D eigenvalue weighted by molar-refractivity contribution is 6.08. The normalized spacial score (nSPS) is 14.9. The van der Waals surface area contributed by atoms with Crippen molar-refractivity contribution in [3.8, 4) is 22.3 Å². The number of allylic oxidation sites excluding steroid dienone is 3. The van der Waals surface area contributed by atoms with E-state index in [-0.39, 0.29) is 6.04 Å². The maximum absolute atomic E-state index is 3.32. The number of hydrogen-bond acceptors (Lipinski definition) is 1. The Labute approximate surface area is 277 Å². The van der Waals surface area contributed by atoms with Gasteiger partial charge in [0.1, 0.15) is 0 Å². The van der Waals surface area contributed by atoms with Gasteiger partial charge in [0.05, 0.1) is 6.04 Å². The summed E-state index contributed by atoms with van der Waals surface area (Å²) in [6, 6.07) is 48.4. The van der Waals surface area contributed by atoms with Crippen LogP contribution in [0.4, 0.5) is 11.4 Å². The second-order valence-corrected chi connectivity index (χ2v) is 12.1. The molecule has 1 nitrogen and oxygen atoms in total. The van der Waals surface area contributed by atoms with Gasteiger partial charge in [0.15, 0.2) is 0 Å². The minimum absolute atomic E-state index is 0.0699. The molecule has 6 aromatic carbocycles. The number of rotatable bonds is 7. The first-order valence-electron chi connectivity index (χ1n) is 16.4. The molecule has 1 heteroatoms. The van der Waals surface area contributed by atoms with Crippen molar-refractivity contribution in [2.45, 2.75) is 18.9 Å². The minimum atomic E-state index is 0.0699. The Bertz CT molecular complexity index is 2190. The van der Waals surface area contributed by atoms with Crippen LogP contribution in [0.5, 0.6) is 0 Å². The van der Waals surface area contributed by atoms with Gasteiger partial charge >= 0.3 is 0 Å². The molecule has 0 fully saturated rings. The van der Waals surface area contributed by atoms with Crippen molar-refractivity contribution in [1.82, 2.24) is 0 Å². The predicted octanol–water partition coefficient (Wildman–Crippen LogP) is 11.8. The molecule has 0 heterocycles. The summed E-state index contributed by atoms with van der Waals surface area (Å²) in [6.07, 6.45) is 19.3. The van der Waals surface area contributed by atoms with E-state index < -0.39 is 0 Å². The molecule has 0 spiro atoms. The van der Waals surface area contributed by atoms with Crippen molar-refractivity contribution in [2.75, 3.05) is 4.90 Å². The van der Waals surface area contributed by atoms with Crippen LogP contribution in [0.2, 0.25) is 0 Å². The van der Waals surface area contributed by atoms with Crippen molar-refractivity contribution < 1.29 is 0 Å². The van der Waals surface area contributed by atoms with Gasteiger partial charge in [-0.1, -0.05) is 146 Å². The second-order valence-electron chi connectivity index (χ2n) is 12.1. The van der Waals surface area contributed by atoms with Gasteiger partial charge in [0.2, 0.25) is 0 Å². The van der Waals surface area contributed by atoms with Crippen LogP contribution in [-0.2, 0) is 12.8 Å². The Morgan fingerprint density at radius 1 is 0.532 bits per heavy atom. The summed E-state index contributed by atoms with van der Waals surface area (Å²) in [7, 11) is 0. The molecule has 0 amide bonds. The van der Waals surface area contributed by atoms with E-state index in [9.17, 15) is 0 Å². The lowest BCUT2D eigenvalue weighted by Gasteiger charge is -2.31. The highest BCUT2D eigenvalue weighted by atomic mass is 15.2. The average Bonchev–Trinajstić information content (AvgIpc) is 3.15. The van der Waals surface area contributed by atoms with Crippen LogP contribution < -0.4 is 4.90 Å². The van der Waals surface area contributed by atoms with E-state index in [1.165, 1.54) is 55.3 Å². The SMILES string of the molecule is C1=CC=CC(N(c2ccc(C=Cc3ccccc3)cc2)c2ccc(-c3c4c(c(-c5ccccc5)c5ccccc35)CC=CC4)cc2)C=1. The number of anilines is 2. The van der Waals surface area contributed by atoms with Gasteiger partial charge in [-0.3, -0.25) is 0 Å². The summed E-state index contributed by atoms with van der Waals surface area (Å²) in [4.78, 5) is 2.39. The van der Waals surface area contributed by atoms with E-state index in [1.54, 1.807) is 0 Å². The monoisotopic (exact) mass is 601 g/mol. The highest BCUT2D eigenvalue weighted by Gasteiger charge is 2.23. The van der Waals surface area contributed by atoms with Gasteiger partial charge in [-0.2, -0.15) is 0 Å². The first-order chi connectivity index (χ1) is 23.3. The lowest BCUT2D eigenvalue weighted by atomic mass is 9.80. The van der Waals surface area contributed by atoms with Gasteiger partial charge in [0, 0.05) is 11.4 Å². The van der Waals surface area contributed by atoms with Crippen LogP contribution in [0.3, 0.4) is 0 Å². The van der Waals surface area contributed by atoms with Crippen LogP contribution in [0, 0.1) is 0 Å². The molecule has 0 saturated heterocycles. The molecule has 0 N–H and O–H groups in total. The standard InChI is InChI=1S/C46H35N/c1-4-14-34(15-5-1)24-25-35-26-30-39(31-27-35)47(38-18-8-3-9-19-38)40-32-28-37(29-33-40)46-43-22-12-10-20-41(43)45(36-16-6-2-7-17-36)42-21-11-13-23-44(42)46/h1-8,10-20,22,24-33,38H,21,23H2. The van der Waals surface area contributed by atoms with Crippen LogP contribution in [-0.4, -0.2) is 6.04 Å². The molecule has 1 atom stereocenters. The van der Waals surface area contributed by atoms with Gasteiger partial charge in [-0.15, -0.1) is 5.73 Å². The van der Waals surface area contributed by atoms with Gasteiger partial charge in [-0.05, 0) is 105 Å². The third-order valence-electron chi connectivity index (χ3n) is 9.25. The molecule has 6 aromatic rings. The topological polar surface area (TPSA) is 3.24 Å². The molecule has 0 saturated carbocycles. The van der Waals surface area contributed by atoms with Crippen molar-refractivity contribution in [3.05, 3.63) is 198 Å².